The van der Waals surface area contributed by atoms with Crippen LogP contribution in [0.5, 0.6) is 0 Å². The number of hydrogen-bond acceptors (Lipinski definition) is 5. The number of ether oxygens (including phenoxy) is 1. The lowest BCUT2D eigenvalue weighted by atomic mass is 9.97. The summed E-state index contributed by atoms with van der Waals surface area (Å²) in [5.41, 5.74) is 13.1. The summed E-state index contributed by atoms with van der Waals surface area (Å²) in [6, 6.07) is 19.5. The Morgan fingerprint density at radius 3 is 2.15 bits per heavy atom. The van der Waals surface area contributed by atoms with Crippen molar-refractivity contribution in [2.75, 3.05) is 0 Å². The molecule has 0 fully saturated rings. The molecule has 3 rings (SSSR count). The van der Waals surface area contributed by atoms with E-state index in [0.29, 0.717) is 5.90 Å². The summed E-state index contributed by atoms with van der Waals surface area (Å²) < 4.78 is 6.09. The molecule has 2 aromatic carbocycles. The molecule has 0 bridgehead atoms. The second-order valence-electron chi connectivity index (χ2n) is 6.08. The van der Waals surface area contributed by atoms with Crippen LogP contribution in [0.3, 0.4) is 0 Å². The van der Waals surface area contributed by atoms with Gasteiger partial charge in [-0.3, -0.25) is 0 Å². The maximum absolute atomic E-state index is 9.18. The molecule has 0 radical (unpaired) electrons. The minimum Gasteiger partial charge on any atom is -0.467 e. The fourth-order valence-corrected chi connectivity index (χ4v) is 2.75. The molecular formula is C21H23N3O2. The zero-order valence-corrected chi connectivity index (χ0v) is 14.3. The van der Waals surface area contributed by atoms with E-state index in [4.69, 9.17) is 21.2 Å². The maximum atomic E-state index is 9.18. The summed E-state index contributed by atoms with van der Waals surface area (Å²) in [4.78, 5) is 4.74. The van der Waals surface area contributed by atoms with Crippen LogP contribution in [0.1, 0.15) is 23.3 Å². The van der Waals surface area contributed by atoms with Gasteiger partial charge in [-0.25, -0.2) is 4.99 Å². The average molecular weight is 349 g/mol. The highest BCUT2D eigenvalue weighted by molar-refractivity contribution is 5.89. The van der Waals surface area contributed by atoms with Gasteiger partial charge in [0, 0.05) is 0 Å². The molecule has 5 heteroatoms. The molecule has 0 saturated heterocycles. The fraction of sp³-hybridized carbons (Fsp3) is 0.190. The largest absolute Gasteiger partial charge is 0.467 e. The van der Waals surface area contributed by atoms with E-state index in [-0.39, 0.29) is 12.1 Å². The van der Waals surface area contributed by atoms with Crippen LogP contribution in [-0.2, 0) is 4.74 Å². The number of hydrogen-bond donors (Lipinski definition) is 3. The normalized spacial score (nSPS) is 22.3. The summed E-state index contributed by atoms with van der Waals surface area (Å²) in [6.07, 6.45) is 5.65. The molecule has 4 unspecified atom stereocenters. The topological polar surface area (TPSA) is 93.9 Å². The van der Waals surface area contributed by atoms with Gasteiger partial charge in [0.2, 0.25) is 5.90 Å². The maximum Gasteiger partial charge on any atom is 0.210 e. The Hall–Kier alpha value is -2.73. The highest BCUT2D eigenvalue weighted by Gasteiger charge is 2.32. The van der Waals surface area contributed by atoms with Crippen molar-refractivity contribution in [1.82, 2.24) is 0 Å². The standard InChI is InChI=1S/C21H23N3O2/c22-17(21(23)25)13-7-8-14-18-24-19(15-9-3-1-4-10-15)20(26-18)16-11-5-2-6-12-16/h1-14,17,19-21,25H,22-23H2/b13-7-,14-8+. The summed E-state index contributed by atoms with van der Waals surface area (Å²) in [7, 11) is 0. The van der Waals surface area contributed by atoms with E-state index >= 15 is 0 Å². The lowest BCUT2D eigenvalue weighted by molar-refractivity contribution is 0.168. The number of allylic oxidation sites excluding steroid dienone is 2. The van der Waals surface area contributed by atoms with Gasteiger partial charge in [0.05, 0.1) is 6.04 Å². The molecule has 5 N–H and O–H groups in total. The smallest absolute Gasteiger partial charge is 0.210 e. The summed E-state index contributed by atoms with van der Waals surface area (Å²) in [5, 5.41) is 9.18. The van der Waals surface area contributed by atoms with Gasteiger partial charge in [-0.1, -0.05) is 78.9 Å². The SMILES string of the molecule is NC(O)C(N)/C=C\C=C\C1=NC(c2ccccc2)C(c2ccccc2)O1. The van der Waals surface area contributed by atoms with Gasteiger partial charge in [0.25, 0.3) is 0 Å². The Balaban J connectivity index is 1.79. The molecule has 1 heterocycles. The highest BCUT2D eigenvalue weighted by Crippen LogP contribution is 2.39. The molecule has 0 spiro atoms. The van der Waals surface area contributed by atoms with E-state index in [9.17, 15) is 5.11 Å². The molecule has 4 atom stereocenters. The quantitative estimate of drug-likeness (QED) is 0.552. The number of rotatable bonds is 6. The second-order valence-corrected chi connectivity index (χ2v) is 6.08. The molecule has 134 valence electrons. The van der Waals surface area contributed by atoms with Gasteiger partial charge in [-0.15, -0.1) is 0 Å². The molecular weight excluding hydrogens is 326 g/mol. The Morgan fingerprint density at radius 1 is 0.923 bits per heavy atom. The predicted octanol–water partition coefficient (Wildman–Crippen LogP) is 2.61. The van der Waals surface area contributed by atoms with Gasteiger partial charge >= 0.3 is 0 Å². The Bertz CT molecular complexity index is 785. The Morgan fingerprint density at radius 2 is 1.54 bits per heavy atom. The van der Waals surface area contributed by atoms with Gasteiger partial charge in [-0.2, -0.15) is 0 Å². The molecule has 5 nitrogen and oxygen atoms in total. The van der Waals surface area contributed by atoms with Crippen molar-refractivity contribution in [1.29, 1.82) is 0 Å². The van der Waals surface area contributed by atoms with E-state index in [1.165, 1.54) is 0 Å². The summed E-state index contributed by atoms with van der Waals surface area (Å²) >= 11 is 0. The van der Waals surface area contributed by atoms with E-state index < -0.39 is 12.3 Å². The first-order chi connectivity index (χ1) is 12.6. The zero-order valence-electron chi connectivity index (χ0n) is 14.3. The molecule has 0 aromatic heterocycles. The van der Waals surface area contributed by atoms with Crippen LogP contribution in [0.25, 0.3) is 0 Å². The van der Waals surface area contributed by atoms with Gasteiger partial charge in [0.1, 0.15) is 12.3 Å². The molecule has 0 saturated carbocycles. The van der Waals surface area contributed by atoms with Crippen molar-refractivity contribution in [3.05, 3.63) is 96.1 Å². The minimum absolute atomic E-state index is 0.102. The first kappa shape index (κ1) is 18.1. The highest BCUT2D eigenvalue weighted by atomic mass is 16.5. The van der Waals surface area contributed by atoms with Crippen molar-refractivity contribution in [3.63, 3.8) is 0 Å². The van der Waals surface area contributed by atoms with Gasteiger partial charge in [0.15, 0.2) is 6.10 Å². The fourth-order valence-electron chi connectivity index (χ4n) is 2.75. The minimum atomic E-state index is -1.08. The first-order valence-electron chi connectivity index (χ1n) is 8.53. The van der Waals surface area contributed by atoms with Crippen LogP contribution in [0.15, 0.2) is 90.0 Å². The lowest BCUT2D eigenvalue weighted by Gasteiger charge is -2.18. The average Bonchev–Trinajstić information content (AvgIpc) is 3.10. The van der Waals surface area contributed by atoms with Crippen LogP contribution in [0.4, 0.5) is 0 Å². The third-order valence-electron chi connectivity index (χ3n) is 4.15. The van der Waals surface area contributed by atoms with Gasteiger partial charge in [-0.05, 0) is 17.2 Å². The number of nitrogens with zero attached hydrogens (tertiary/aromatic N) is 1. The number of aliphatic imine (C=N–C) groups is 1. The molecule has 26 heavy (non-hydrogen) atoms. The van der Waals surface area contributed by atoms with Crippen molar-refractivity contribution in [3.8, 4) is 0 Å². The van der Waals surface area contributed by atoms with E-state index in [1.54, 1.807) is 24.3 Å². The van der Waals surface area contributed by atoms with Crippen LogP contribution in [-0.4, -0.2) is 23.3 Å². The van der Waals surface area contributed by atoms with Crippen LogP contribution < -0.4 is 11.5 Å². The predicted molar refractivity (Wildman–Crippen MR) is 103 cm³/mol. The zero-order chi connectivity index (χ0) is 18.4. The number of aliphatic hydroxyl groups is 1. The Kier molecular flexibility index (Phi) is 5.96. The van der Waals surface area contributed by atoms with Crippen molar-refractivity contribution >= 4 is 5.90 Å². The van der Waals surface area contributed by atoms with Crippen LogP contribution in [0, 0.1) is 0 Å². The van der Waals surface area contributed by atoms with E-state index in [0.717, 1.165) is 11.1 Å². The van der Waals surface area contributed by atoms with Gasteiger partial charge < -0.3 is 21.3 Å². The number of nitrogens with two attached hydrogens (primary N) is 2. The first-order valence-corrected chi connectivity index (χ1v) is 8.53. The molecule has 0 aliphatic carbocycles. The van der Waals surface area contributed by atoms with Crippen LogP contribution >= 0.6 is 0 Å². The summed E-state index contributed by atoms with van der Waals surface area (Å²) in [5.74, 6) is 0.555. The Labute approximate surface area is 153 Å². The third-order valence-corrected chi connectivity index (χ3v) is 4.15. The molecule has 1 aliphatic rings. The molecule has 0 amide bonds. The molecule has 2 aromatic rings. The third kappa shape index (κ3) is 4.46. The number of aliphatic hydroxyl groups excluding tert-OH is 1. The van der Waals surface area contributed by atoms with Crippen molar-refractivity contribution in [2.24, 2.45) is 16.5 Å². The van der Waals surface area contributed by atoms with E-state index in [2.05, 4.69) is 12.1 Å². The van der Waals surface area contributed by atoms with Crippen molar-refractivity contribution < 1.29 is 9.84 Å². The van der Waals surface area contributed by atoms with Crippen LogP contribution in [0.2, 0.25) is 0 Å². The monoisotopic (exact) mass is 349 g/mol. The van der Waals surface area contributed by atoms with E-state index in [1.807, 2.05) is 48.5 Å². The number of benzene rings is 2. The molecule has 1 aliphatic heterocycles. The second kappa shape index (κ2) is 8.58. The van der Waals surface area contributed by atoms with Crippen molar-refractivity contribution in [2.45, 2.75) is 24.4 Å². The lowest BCUT2D eigenvalue weighted by Crippen LogP contribution is -2.39. The summed E-state index contributed by atoms with van der Waals surface area (Å²) in [6.45, 7) is 0.